The number of hydrogen-bond acceptors (Lipinski definition) is 11. The number of ether oxygens (including phenoxy) is 5. The monoisotopic (exact) mass is 410 g/mol. The molecule has 0 radical (unpaired) electrons. The van der Waals surface area contributed by atoms with Crippen LogP contribution in [0, 0.1) is 0 Å². The minimum absolute atomic E-state index is 0.109. The Kier molecular flexibility index (Phi) is 12.7. The summed E-state index contributed by atoms with van der Waals surface area (Å²) >= 11 is 0. The van der Waals surface area contributed by atoms with E-state index in [-0.39, 0.29) is 19.8 Å². The lowest BCUT2D eigenvalue weighted by atomic mass is 10.1. The number of carbonyl (C=O) groups excluding carboxylic acids is 3. The van der Waals surface area contributed by atoms with Crippen LogP contribution in [-0.2, 0) is 52.6 Å². The summed E-state index contributed by atoms with van der Waals surface area (Å²) in [7, 11) is 1.49. The van der Waals surface area contributed by atoms with Crippen LogP contribution in [0.5, 0.6) is 0 Å². The van der Waals surface area contributed by atoms with Crippen LogP contribution in [0.1, 0.15) is 27.7 Å². The Labute approximate surface area is 161 Å². The van der Waals surface area contributed by atoms with Crippen molar-refractivity contribution in [3.8, 4) is 0 Å². The molecule has 162 valence electrons. The maximum absolute atomic E-state index is 11.3. The maximum atomic E-state index is 11.3. The fraction of sp³-hybridized carbons (Fsp3) is 0.750. The maximum Gasteiger partial charge on any atom is 0.305 e. The van der Waals surface area contributed by atoms with E-state index in [1.54, 1.807) is 0 Å². The van der Waals surface area contributed by atoms with Gasteiger partial charge in [0.15, 0.2) is 12.2 Å². The van der Waals surface area contributed by atoms with Gasteiger partial charge in [0.1, 0.15) is 19.3 Å². The number of carboxylic acids is 1. The third-order valence-corrected chi connectivity index (χ3v) is 2.85. The second kappa shape index (κ2) is 13.8. The average molecular weight is 410 g/mol. The molecule has 1 N–H and O–H groups in total. The SMILES string of the molecule is CC(=O)O.COCCOO[C@H]1[C@@H](COC(C)=O)OC(OC(C)=O)[C@@H]1OC(C)=O. The molecule has 1 saturated heterocycles. The normalized spacial score (nSPS) is 23.2. The molecule has 0 aliphatic carbocycles. The van der Waals surface area contributed by atoms with E-state index >= 15 is 0 Å². The van der Waals surface area contributed by atoms with Crippen molar-refractivity contribution in [1.29, 1.82) is 0 Å². The van der Waals surface area contributed by atoms with Crippen LogP contribution >= 0.6 is 0 Å². The molecular weight excluding hydrogens is 384 g/mol. The number of rotatable bonds is 9. The van der Waals surface area contributed by atoms with Crippen LogP contribution in [0.2, 0.25) is 0 Å². The molecule has 28 heavy (non-hydrogen) atoms. The molecule has 1 rings (SSSR count). The van der Waals surface area contributed by atoms with Crippen LogP contribution < -0.4 is 0 Å². The second-order valence-corrected chi connectivity index (χ2v) is 5.42. The van der Waals surface area contributed by atoms with Crippen molar-refractivity contribution in [3.63, 3.8) is 0 Å². The first-order valence-electron chi connectivity index (χ1n) is 8.18. The molecule has 4 atom stereocenters. The zero-order valence-corrected chi connectivity index (χ0v) is 16.4. The lowest BCUT2D eigenvalue weighted by Crippen LogP contribution is -2.41. The van der Waals surface area contributed by atoms with E-state index < -0.39 is 48.5 Å². The molecule has 12 nitrogen and oxygen atoms in total. The second-order valence-electron chi connectivity index (χ2n) is 5.42. The van der Waals surface area contributed by atoms with Crippen molar-refractivity contribution in [2.75, 3.05) is 26.9 Å². The summed E-state index contributed by atoms with van der Waals surface area (Å²) < 4.78 is 25.3. The van der Waals surface area contributed by atoms with Gasteiger partial charge in [0.25, 0.3) is 5.97 Å². The third-order valence-electron chi connectivity index (χ3n) is 2.85. The summed E-state index contributed by atoms with van der Waals surface area (Å²) in [5.74, 6) is -2.62. The fourth-order valence-electron chi connectivity index (χ4n) is 1.96. The van der Waals surface area contributed by atoms with Crippen molar-refractivity contribution < 1.29 is 57.7 Å². The minimum Gasteiger partial charge on any atom is -0.481 e. The number of carbonyl (C=O) groups is 4. The molecule has 0 bridgehead atoms. The molecule has 0 amide bonds. The molecule has 0 aromatic carbocycles. The Morgan fingerprint density at radius 1 is 0.893 bits per heavy atom. The van der Waals surface area contributed by atoms with Crippen molar-refractivity contribution in [2.24, 2.45) is 0 Å². The topological polar surface area (TPSA) is 153 Å². The molecule has 0 saturated carbocycles. The van der Waals surface area contributed by atoms with E-state index in [1.165, 1.54) is 27.9 Å². The van der Waals surface area contributed by atoms with Crippen molar-refractivity contribution in [3.05, 3.63) is 0 Å². The largest absolute Gasteiger partial charge is 0.481 e. The predicted molar refractivity (Wildman–Crippen MR) is 88.6 cm³/mol. The van der Waals surface area contributed by atoms with Crippen LogP contribution in [0.15, 0.2) is 0 Å². The minimum atomic E-state index is -1.21. The van der Waals surface area contributed by atoms with Gasteiger partial charge < -0.3 is 28.8 Å². The summed E-state index contributed by atoms with van der Waals surface area (Å²) in [6, 6.07) is 0. The van der Waals surface area contributed by atoms with Gasteiger partial charge >= 0.3 is 17.9 Å². The zero-order valence-electron chi connectivity index (χ0n) is 16.4. The lowest BCUT2D eigenvalue weighted by Gasteiger charge is -2.22. The first kappa shape index (κ1) is 25.7. The Balaban J connectivity index is 0.00000165. The molecule has 0 aromatic heterocycles. The molecule has 0 spiro atoms. The van der Waals surface area contributed by atoms with Gasteiger partial charge in [-0.1, -0.05) is 0 Å². The van der Waals surface area contributed by atoms with Crippen LogP contribution in [0.4, 0.5) is 0 Å². The standard InChI is InChI=1S/C14H22O10.C2H4O2/c1-8(15)19-7-11-12(24-20-6-5-18-4)13(21-9(2)16)14(23-11)22-10(3)17;1-2(3)4/h11-14H,5-7H2,1-4H3;1H3,(H,3,4)/t11-,12+,13-,14?;/m1./s1. The smallest absolute Gasteiger partial charge is 0.305 e. The summed E-state index contributed by atoms with van der Waals surface area (Å²) in [6.07, 6.45) is -4.10. The zero-order chi connectivity index (χ0) is 21.7. The molecular formula is C16H26O12. The van der Waals surface area contributed by atoms with Gasteiger partial charge in [-0.25, -0.2) is 9.78 Å². The van der Waals surface area contributed by atoms with E-state index in [9.17, 15) is 14.4 Å². The quantitative estimate of drug-likeness (QED) is 0.176. The lowest BCUT2D eigenvalue weighted by molar-refractivity contribution is -0.344. The summed E-state index contributed by atoms with van der Waals surface area (Å²) in [4.78, 5) is 52.7. The van der Waals surface area contributed by atoms with Gasteiger partial charge in [-0.3, -0.25) is 19.2 Å². The summed E-state index contributed by atoms with van der Waals surface area (Å²) in [5, 5.41) is 7.42. The summed E-state index contributed by atoms with van der Waals surface area (Å²) in [5.41, 5.74) is 0. The van der Waals surface area contributed by atoms with E-state index in [0.717, 1.165) is 6.92 Å². The van der Waals surface area contributed by atoms with Crippen LogP contribution in [0.3, 0.4) is 0 Å². The Morgan fingerprint density at radius 3 is 1.93 bits per heavy atom. The Morgan fingerprint density at radius 2 is 1.46 bits per heavy atom. The van der Waals surface area contributed by atoms with E-state index in [4.69, 9.17) is 43.4 Å². The van der Waals surface area contributed by atoms with Gasteiger partial charge in [-0.2, -0.15) is 0 Å². The van der Waals surface area contributed by atoms with Gasteiger partial charge in [0.2, 0.25) is 6.29 Å². The number of esters is 3. The van der Waals surface area contributed by atoms with Crippen LogP contribution in [-0.4, -0.2) is 80.5 Å². The Bertz CT molecular complexity index is 516. The number of hydrogen-bond donors (Lipinski definition) is 1. The van der Waals surface area contributed by atoms with Gasteiger partial charge in [-0.15, -0.1) is 0 Å². The predicted octanol–water partition coefficient (Wildman–Crippen LogP) is -0.177. The molecule has 1 heterocycles. The molecule has 1 aliphatic rings. The highest BCUT2D eigenvalue weighted by Crippen LogP contribution is 2.28. The van der Waals surface area contributed by atoms with Crippen molar-refractivity contribution in [1.82, 2.24) is 0 Å². The highest BCUT2D eigenvalue weighted by molar-refractivity contribution is 5.67. The number of carboxylic acid groups (broad SMARTS) is 1. The first-order chi connectivity index (χ1) is 13.1. The van der Waals surface area contributed by atoms with Gasteiger partial charge in [0, 0.05) is 34.8 Å². The van der Waals surface area contributed by atoms with E-state index in [1.807, 2.05) is 0 Å². The highest BCUT2D eigenvalue weighted by Gasteiger charge is 2.51. The van der Waals surface area contributed by atoms with Crippen molar-refractivity contribution in [2.45, 2.75) is 52.3 Å². The molecule has 1 aliphatic heterocycles. The summed E-state index contributed by atoms with van der Waals surface area (Å²) in [6.45, 7) is 4.87. The first-order valence-corrected chi connectivity index (χ1v) is 8.18. The van der Waals surface area contributed by atoms with E-state index in [2.05, 4.69) is 0 Å². The number of methoxy groups -OCH3 is 1. The molecule has 12 heteroatoms. The van der Waals surface area contributed by atoms with Crippen molar-refractivity contribution >= 4 is 23.9 Å². The van der Waals surface area contributed by atoms with Gasteiger partial charge in [0.05, 0.1) is 6.61 Å². The Hall–Kier alpha value is -2.28. The highest BCUT2D eigenvalue weighted by atomic mass is 17.2. The van der Waals surface area contributed by atoms with Gasteiger partial charge in [-0.05, 0) is 0 Å². The fourth-order valence-corrected chi connectivity index (χ4v) is 1.96. The molecule has 1 fully saturated rings. The average Bonchev–Trinajstić information content (AvgIpc) is 2.85. The third kappa shape index (κ3) is 11.4. The molecule has 0 aromatic rings. The number of aliphatic carboxylic acids is 1. The van der Waals surface area contributed by atoms with Crippen LogP contribution in [0.25, 0.3) is 0 Å². The molecule has 1 unspecified atom stereocenters. The van der Waals surface area contributed by atoms with E-state index in [0.29, 0.717) is 0 Å².